The molecule has 0 bridgehead atoms. The van der Waals surface area contributed by atoms with Crippen LogP contribution in [0, 0.1) is 0 Å². The second-order valence-corrected chi connectivity index (χ2v) is 4.65. The van der Waals surface area contributed by atoms with Crippen LogP contribution in [0.1, 0.15) is 22.2 Å². The maximum absolute atomic E-state index is 11.8. The average Bonchev–Trinajstić information content (AvgIpc) is 2.65. The zero-order valence-electron chi connectivity index (χ0n) is 9.20. The van der Waals surface area contributed by atoms with Gasteiger partial charge < -0.3 is 10.4 Å². The van der Waals surface area contributed by atoms with Crippen molar-refractivity contribution in [3.05, 3.63) is 28.6 Å². The molecule has 0 atom stereocenters. The predicted octanol–water partition coefficient (Wildman–Crippen LogP) is 2.53. The molecule has 0 unspecified atom stereocenters. The van der Waals surface area contributed by atoms with Gasteiger partial charge in [0.05, 0.1) is 5.56 Å². The lowest BCUT2D eigenvalue weighted by Crippen LogP contribution is -2.18. The lowest BCUT2D eigenvalue weighted by atomic mass is 10.1. The van der Waals surface area contributed by atoms with E-state index in [0.29, 0.717) is 0 Å². The molecule has 84 valence electrons. The number of aryl methyl sites for hydroxylation is 1. The fourth-order valence-corrected chi connectivity index (χ4v) is 2.93. The Balaban J connectivity index is 2.73. The first-order valence-electron chi connectivity index (χ1n) is 5.13. The molecule has 0 fully saturated rings. The largest absolute Gasteiger partial charge is 0.508 e. The third-order valence-electron chi connectivity index (χ3n) is 2.52. The van der Waals surface area contributed by atoms with Crippen LogP contribution in [0.4, 0.5) is 0 Å². The number of benzene rings is 1. The fraction of sp³-hybridized carbons (Fsp3) is 0.250. The third-order valence-corrected chi connectivity index (χ3v) is 3.82. The second kappa shape index (κ2) is 4.14. The van der Waals surface area contributed by atoms with Crippen LogP contribution in [-0.2, 0) is 6.42 Å². The standard InChI is InChI=1S/C12H13NO2S/c1-3-9-11(12(15)13-2)8-5-4-7(14)6-10(8)16-9/h4-6,14H,3H2,1-2H3,(H,13,15). The first-order valence-corrected chi connectivity index (χ1v) is 5.95. The van der Waals surface area contributed by atoms with E-state index in [1.54, 1.807) is 36.6 Å². The van der Waals surface area contributed by atoms with E-state index in [2.05, 4.69) is 5.32 Å². The van der Waals surface area contributed by atoms with Crippen LogP contribution in [0.15, 0.2) is 18.2 Å². The lowest BCUT2D eigenvalue weighted by Gasteiger charge is -2.00. The Morgan fingerprint density at radius 3 is 2.88 bits per heavy atom. The highest BCUT2D eigenvalue weighted by Gasteiger charge is 2.16. The van der Waals surface area contributed by atoms with Gasteiger partial charge in [0.2, 0.25) is 0 Å². The highest BCUT2D eigenvalue weighted by molar-refractivity contribution is 7.19. The van der Waals surface area contributed by atoms with Crippen LogP contribution in [0.25, 0.3) is 10.1 Å². The quantitative estimate of drug-likeness (QED) is 0.840. The van der Waals surface area contributed by atoms with Gasteiger partial charge >= 0.3 is 0 Å². The van der Waals surface area contributed by atoms with Crippen molar-refractivity contribution in [1.29, 1.82) is 0 Å². The first-order chi connectivity index (χ1) is 7.67. The SMILES string of the molecule is CCc1sc2cc(O)ccc2c1C(=O)NC. The van der Waals surface area contributed by atoms with Crippen LogP contribution in [0.2, 0.25) is 0 Å². The topological polar surface area (TPSA) is 49.3 Å². The van der Waals surface area contributed by atoms with Crippen LogP contribution < -0.4 is 5.32 Å². The van der Waals surface area contributed by atoms with Crippen molar-refractivity contribution in [1.82, 2.24) is 5.32 Å². The normalized spacial score (nSPS) is 10.6. The summed E-state index contributed by atoms with van der Waals surface area (Å²) in [6.45, 7) is 2.02. The minimum atomic E-state index is -0.0613. The Morgan fingerprint density at radius 1 is 1.50 bits per heavy atom. The van der Waals surface area contributed by atoms with E-state index in [-0.39, 0.29) is 11.7 Å². The Bertz CT molecular complexity index is 545. The predicted molar refractivity (Wildman–Crippen MR) is 66.3 cm³/mol. The summed E-state index contributed by atoms with van der Waals surface area (Å²) >= 11 is 1.56. The molecule has 2 rings (SSSR count). The molecule has 3 nitrogen and oxygen atoms in total. The Labute approximate surface area is 97.7 Å². The number of phenolic OH excluding ortho intramolecular Hbond substituents is 1. The Morgan fingerprint density at radius 2 is 2.25 bits per heavy atom. The monoisotopic (exact) mass is 235 g/mol. The number of phenols is 1. The number of fused-ring (bicyclic) bond motifs is 1. The van der Waals surface area contributed by atoms with Crippen LogP contribution in [-0.4, -0.2) is 18.1 Å². The van der Waals surface area contributed by atoms with Gasteiger partial charge in [0.25, 0.3) is 5.91 Å². The summed E-state index contributed by atoms with van der Waals surface area (Å²) in [6.07, 6.45) is 0.822. The molecule has 16 heavy (non-hydrogen) atoms. The molecule has 0 aliphatic carbocycles. The van der Waals surface area contributed by atoms with Crippen LogP contribution in [0.3, 0.4) is 0 Å². The van der Waals surface area contributed by atoms with E-state index in [1.807, 2.05) is 6.92 Å². The van der Waals surface area contributed by atoms with Gasteiger partial charge in [-0.3, -0.25) is 4.79 Å². The molecule has 0 radical (unpaired) electrons. The van der Waals surface area contributed by atoms with Gasteiger partial charge in [0, 0.05) is 22.0 Å². The summed E-state index contributed by atoms with van der Waals surface area (Å²) in [7, 11) is 1.63. The molecule has 1 amide bonds. The summed E-state index contributed by atoms with van der Waals surface area (Å²) in [5.41, 5.74) is 0.741. The molecule has 0 saturated heterocycles. The number of hydrogen-bond acceptors (Lipinski definition) is 3. The summed E-state index contributed by atoms with van der Waals surface area (Å²) in [5, 5.41) is 13.0. The zero-order valence-corrected chi connectivity index (χ0v) is 10.0. The van der Waals surface area contributed by atoms with Gasteiger partial charge in [-0.25, -0.2) is 0 Å². The molecule has 1 aromatic carbocycles. The van der Waals surface area contributed by atoms with Crippen molar-refractivity contribution in [2.24, 2.45) is 0 Å². The fourth-order valence-electron chi connectivity index (χ4n) is 1.76. The number of amides is 1. The molecule has 0 spiro atoms. The number of rotatable bonds is 2. The van der Waals surface area contributed by atoms with Gasteiger partial charge in [-0.05, 0) is 24.6 Å². The van der Waals surface area contributed by atoms with Crippen molar-refractivity contribution < 1.29 is 9.90 Å². The van der Waals surface area contributed by atoms with Gasteiger partial charge in [0.15, 0.2) is 0 Å². The Hall–Kier alpha value is -1.55. The third kappa shape index (κ3) is 1.65. The van der Waals surface area contributed by atoms with Gasteiger partial charge in [-0.15, -0.1) is 11.3 Å². The van der Waals surface area contributed by atoms with Gasteiger partial charge in [-0.2, -0.15) is 0 Å². The highest BCUT2D eigenvalue weighted by Crippen LogP contribution is 2.33. The lowest BCUT2D eigenvalue weighted by molar-refractivity contribution is 0.0964. The van der Waals surface area contributed by atoms with Crippen molar-refractivity contribution in [2.75, 3.05) is 7.05 Å². The van der Waals surface area contributed by atoms with Crippen molar-refractivity contribution in [3.8, 4) is 5.75 Å². The molecule has 1 aromatic heterocycles. The van der Waals surface area contributed by atoms with E-state index in [9.17, 15) is 9.90 Å². The molecule has 0 saturated carbocycles. The number of carbonyl (C=O) groups is 1. The summed E-state index contributed by atoms with van der Waals surface area (Å²) in [5.74, 6) is 0.175. The summed E-state index contributed by atoms with van der Waals surface area (Å²) in [4.78, 5) is 12.8. The van der Waals surface area contributed by atoms with Crippen molar-refractivity contribution in [2.45, 2.75) is 13.3 Å². The van der Waals surface area contributed by atoms with E-state index in [0.717, 1.165) is 26.9 Å². The number of carbonyl (C=O) groups excluding carboxylic acids is 1. The smallest absolute Gasteiger partial charge is 0.252 e. The van der Waals surface area contributed by atoms with Gasteiger partial charge in [0.1, 0.15) is 5.75 Å². The van der Waals surface area contributed by atoms with Crippen molar-refractivity contribution in [3.63, 3.8) is 0 Å². The number of aromatic hydroxyl groups is 1. The number of hydrogen-bond donors (Lipinski definition) is 2. The first kappa shape index (κ1) is 11.0. The summed E-state index contributed by atoms with van der Waals surface area (Å²) in [6, 6.07) is 5.11. The minimum absolute atomic E-state index is 0.0613. The molecule has 2 N–H and O–H groups in total. The molecule has 0 aliphatic heterocycles. The van der Waals surface area contributed by atoms with E-state index in [4.69, 9.17) is 0 Å². The highest BCUT2D eigenvalue weighted by atomic mass is 32.1. The maximum Gasteiger partial charge on any atom is 0.252 e. The number of nitrogens with one attached hydrogen (secondary N) is 1. The summed E-state index contributed by atoms with van der Waals surface area (Å²) < 4.78 is 0.954. The molecule has 0 aliphatic rings. The molecule has 1 heterocycles. The van der Waals surface area contributed by atoms with Crippen LogP contribution in [0.5, 0.6) is 5.75 Å². The second-order valence-electron chi connectivity index (χ2n) is 3.51. The Kier molecular flexibility index (Phi) is 2.83. The maximum atomic E-state index is 11.8. The van der Waals surface area contributed by atoms with Gasteiger partial charge in [-0.1, -0.05) is 6.92 Å². The molecular formula is C12H13NO2S. The molecule has 4 heteroatoms. The van der Waals surface area contributed by atoms with Crippen molar-refractivity contribution >= 4 is 27.3 Å². The van der Waals surface area contributed by atoms with E-state index >= 15 is 0 Å². The van der Waals surface area contributed by atoms with Crippen LogP contribution >= 0.6 is 11.3 Å². The molecular weight excluding hydrogens is 222 g/mol. The molecule has 2 aromatic rings. The minimum Gasteiger partial charge on any atom is -0.508 e. The van der Waals surface area contributed by atoms with E-state index in [1.165, 1.54) is 0 Å². The van der Waals surface area contributed by atoms with E-state index < -0.39 is 0 Å². The average molecular weight is 235 g/mol. The zero-order chi connectivity index (χ0) is 11.7. The number of thiophene rings is 1.